The number of rotatable bonds is 7. The summed E-state index contributed by atoms with van der Waals surface area (Å²) in [6.07, 6.45) is 0. The second-order valence-corrected chi connectivity index (χ2v) is 6.60. The molecule has 1 aromatic heterocycles. The van der Waals surface area contributed by atoms with Crippen LogP contribution < -0.4 is 16.6 Å². The monoisotopic (exact) mass is 312 g/mol. The standard InChI is InChI=1S/C14H24N4O2S/c1-4-18(10-14(2,3)9-15)8-12(19)16-17-13(20)11-6-5-7-21-11/h5-7H,4,8-10,15H2,1-3H3,(H,16,19)(H,17,20). The molecule has 0 spiro atoms. The minimum absolute atomic E-state index is 0.0451. The number of likely N-dealkylation sites (N-methyl/N-ethyl adjacent to an activating group) is 1. The number of carbonyl (C=O) groups is 2. The molecule has 118 valence electrons. The van der Waals surface area contributed by atoms with E-state index in [2.05, 4.69) is 24.7 Å². The number of nitrogens with zero attached hydrogens (tertiary/aromatic N) is 1. The third-order valence-electron chi connectivity index (χ3n) is 3.08. The van der Waals surface area contributed by atoms with E-state index < -0.39 is 0 Å². The first-order chi connectivity index (χ1) is 9.88. The highest BCUT2D eigenvalue weighted by Gasteiger charge is 2.21. The van der Waals surface area contributed by atoms with E-state index in [9.17, 15) is 9.59 Å². The third-order valence-corrected chi connectivity index (χ3v) is 3.95. The molecule has 0 aliphatic heterocycles. The SMILES string of the molecule is CCN(CC(=O)NNC(=O)c1cccs1)CC(C)(C)CN. The van der Waals surface area contributed by atoms with Crippen LogP contribution in [0.4, 0.5) is 0 Å². The van der Waals surface area contributed by atoms with Crippen LogP contribution in [0, 0.1) is 5.41 Å². The van der Waals surface area contributed by atoms with Crippen LogP contribution in [0.25, 0.3) is 0 Å². The second kappa shape index (κ2) is 8.11. The van der Waals surface area contributed by atoms with Crippen molar-refractivity contribution < 1.29 is 9.59 Å². The summed E-state index contributed by atoms with van der Waals surface area (Å²) in [5, 5.41) is 1.81. The molecule has 0 aliphatic carbocycles. The van der Waals surface area contributed by atoms with Gasteiger partial charge < -0.3 is 5.73 Å². The zero-order valence-electron chi connectivity index (χ0n) is 12.8. The summed E-state index contributed by atoms with van der Waals surface area (Å²) in [6, 6.07) is 3.49. The summed E-state index contributed by atoms with van der Waals surface area (Å²) in [4.78, 5) is 26.1. The van der Waals surface area contributed by atoms with Crippen LogP contribution in [-0.4, -0.2) is 42.9 Å². The fourth-order valence-corrected chi connectivity index (χ4v) is 2.41. The summed E-state index contributed by atoms with van der Waals surface area (Å²) in [7, 11) is 0. The van der Waals surface area contributed by atoms with E-state index in [1.165, 1.54) is 11.3 Å². The summed E-state index contributed by atoms with van der Waals surface area (Å²) in [5.41, 5.74) is 10.5. The van der Waals surface area contributed by atoms with Crippen LogP contribution in [0.15, 0.2) is 17.5 Å². The van der Waals surface area contributed by atoms with Crippen molar-refractivity contribution >= 4 is 23.2 Å². The van der Waals surface area contributed by atoms with E-state index in [1.54, 1.807) is 12.1 Å². The van der Waals surface area contributed by atoms with Gasteiger partial charge in [0.15, 0.2) is 0 Å². The molecule has 0 saturated heterocycles. The highest BCUT2D eigenvalue weighted by atomic mass is 32.1. The maximum Gasteiger partial charge on any atom is 0.279 e. The Morgan fingerprint density at radius 2 is 2.10 bits per heavy atom. The lowest BCUT2D eigenvalue weighted by Gasteiger charge is -2.30. The van der Waals surface area contributed by atoms with E-state index in [1.807, 2.05) is 17.2 Å². The molecule has 1 aromatic rings. The molecule has 0 aromatic carbocycles. The Kier molecular flexibility index (Phi) is 6.80. The topological polar surface area (TPSA) is 87.5 Å². The molecular weight excluding hydrogens is 288 g/mol. The molecular formula is C14H24N4O2S. The molecule has 0 saturated carbocycles. The van der Waals surface area contributed by atoms with Gasteiger partial charge >= 0.3 is 0 Å². The minimum atomic E-state index is -0.302. The fourth-order valence-electron chi connectivity index (χ4n) is 1.79. The predicted octanol–water partition coefficient (Wildman–Crippen LogP) is 0.816. The number of amides is 2. The van der Waals surface area contributed by atoms with Gasteiger partial charge in [0, 0.05) is 6.54 Å². The number of thiophene rings is 1. The average molecular weight is 312 g/mol. The van der Waals surface area contributed by atoms with Gasteiger partial charge in [0.05, 0.1) is 11.4 Å². The van der Waals surface area contributed by atoms with Gasteiger partial charge in [-0.25, -0.2) is 0 Å². The van der Waals surface area contributed by atoms with Crippen LogP contribution in [0.5, 0.6) is 0 Å². The Morgan fingerprint density at radius 3 is 2.62 bits per heavy atom. The maximum absolute atomic E-state index is 11.9. The van der Waals surface area contributed by atoms with Gasteiger partial charge in [0.2, 0.25) is 0 Å². The second-order valence-electron chi connectivity index (χ2n) is 5.65. The lowest BCUT2D eigenvalue weighted by Crippen LogP contribution is -2.48. The fraction of sp³-hybridized carbons (Fsp3) is 0.571. The van der Waals surface area contributed by atoms with Gasteiger partial charge in [-0.05, 0) is 30.0 Å². The molecule has 0 aliphatic rings. The van der Waals surface area contributed by atoms with Gasteiger partial charge in [0.25, 0.3) is 11.8 Å². The Bertz CT molecular complexity index is 460. The molecule has 1 rings (SSSR count). The summed E-state index contributed by atoms with van der Waals surface area (Å²) < 4.78 is 0. The van der Waals surface area contributed by atoms with Crippen molar-refractivity contribution in [1.82, 2.24) is 15.8 Å². The van der Waals surface area contributed by atoms with Crippen LogP contribution in [0.1, 0.15) is 30.4 Å². The lowest BCUT2D eigenvalue weighted by molar-refractivity contribution is -0.123. The molecule has 7 heteroatoms. The predicted molar refractivity (Wildman–Crippen MR) is 84.9 cm³/mol. The van der Waals surface area contributed by atoms with Crippen molar-refractivity contribution in [2.24, 2.45) is 11.1 Å². The van der Waals surface area contributed by atoms with Gasteiger partial charge in [-0.15, -0.1) is 11.3 Å². The maximum atomic E-state index is 11.9. The number of hydrogen-bond donors (Lipinski definition) is 3. The van der Waals surface area contributed by atoms with Crippen molar-refractivity contribution in [2.45, 2.75) is 20.8 Å². The highest BCUT2D eigenvalue weighted by molar-refractivity contribution is 7.12. The van der Waals surface area contributed by atoms with Gasteiger partial charge in [-0.2, -0.15) is 0 Å². The Balaban J connectivity index is 2.39. The Labute approximate surface area is 129 Å². The minimum Gasteiger partial charge on any atom is -0.330 e. The molecule has 4 N–H and O–H groups in total. The zero-order valence-corrected chi connectivity index (χ0v) is 13.6. The van der Waals surface area contributed by atoms with Gasteiger partial charge in [-0.1, -0.05) is 26.8 Å². The van der Waals surface area contributed by atoms with Crippen molar-refractivity contribution in [3.63, 3.8) is 0 Å². The lowest BCUT2D eigenvalue weighted by atomic mass is 9.93. The zero-order chi connectivity index (χ0) is 15.9. The Morgan fingerprint density at radius 1 is 1.38 bits per heavy atom. The first-order valence-electron chi connectivity index (χ1n) is 6.93. The number of carbonyl (C=O) groups excluding carboxylic acids is 2. The van der Waals surface area contributed by atoms with E-state index >= 15 is 0 Å². The number of nitrogens with two attached hydrogens (primary N) is 1. The molecule has 0 atom stereocenters. The normalized spacial score (nSPS) is 11.5. The van der Waals surface area contributed by atoms with Crippen molar-refractivity contribution in [3.8, 4) is 0 Å². The molecule has 2 amide bonds. The molecule has 6 nitrogen and oxygen atoms in total. The van der Waals surface area contributed by atoms with Crippen LogP contribution >= 0.6 is 11.3 Å². The number of nitrogens with one attached hydrogen (secondary N) is 2. The quantitative estimate of drug-likeness (QED) is 0.650. The summed E-state index contributed by atoms with van der Waals surface area (Å²) in [6.45, 7) is 8.37. The molecule has 0 radical (unpaired) electrons. The smallest absolute Gasteiger partial charge is 0.279 e. The van der Waals surface area contributed by atoms with E-state index in [-0.39, 0.29) is 23.8 Å². The van der Waals surface area contributed by atoms with Crippen LogP contribution in [0.3, 0.4) is 0 Å². The van der Waals surface area contributed by atoms with E-state index in [0.29, 0.717) is 11.4 Å². The Hall–Kier alpha value is -1.44. The van der Waals surface area contributed by atoms with E-state index in [0.717, 1.165) is 13.1 Å². The van der Waals surface area contributed by atoms with E-state index in [4.69, 9.17) is 5.73 Å². The molecule has 1 heterocycles. The van der Waals surface area contributed by atoms with Crippen LogP contribution in [-0.2, 0) is 4.79 Å². The average Bonchev–Trinajstić information content (AvgIpc) is 2.98. The molecule has 0 unspecified atom stereocenters. The molecule has 0 fully saturated rings. The van der Waals surface area contributed by atoms with Gasteiger partial charge in [-0.3, -0.25) is 25.3 Å². The van der Waals surface area contributed by atoms with Crippen molar-refractivity contribution in [3.05, 3.63) is 22.4 Å². The molecule has 0 bridgehead atoms. The van der Waals surface area contributed by atoms with Crippen molar-refractivity contribution in [1.29, 1.82) is 0 Å². The highest BCUT2D eigenvalue weighted by Crippen LogP contribution is 2.14. The van der Waals surface area contributed by atoms with Gasteiger partial charge in [0.1, 0.15) is 0 Å². The summed E-state index contributed by atoms with van der Waals surface area (Å²) >= 11 is 1.32. The summed E-state index contributed by atoms with van der Waals surface area (Å²) in [5.74, 6) is -0.543. The molecule has 21 heavy (non-hydrogen) atoms. The number of hydrazine groups is 1. The largest absolute Gasteiger partial charge is 0.330 e. The first-order valence-corrected chi connectivity index (χ1v) is 7.81. The first kappa shape index (κ1) is 17.6. The van der Waals surface area contributed by atoms with Crippen LogP contribution in [0.2, 0.25) is 0 Å². The third kappa shape index (κ3) is 6.24. The number of hydrogen-bond acceptors (Lipinski definition) is 5. The van der Waals surface area contributed by atoms with Crippen molar-refractivity contribution in [2.75, 3.05) is 26.2 Å².